The molecule has 3 aliphatic rings. The molecule has 148 valence electrons. The molecule has 1 aliphatic heterocycles. The second kappa shape index (κ2) is 7.12. The molecule has 1 aromatic rings. The largest absolute Gasteiger partial charge is 0.381 e. The molecule has 0 amide bonds. The zero-order valence-electron chi connectivity index (χ0n) is 17.3. The van der Waals surface area contributed by atoms with E-state index in [1.165, 1.54) is 55.2 Å². The Bertz CT molecular complexity index is 720. The number of ether oxygens (including phenoxy) is 1. The van der Waals surface area contributed by atoms with Crippen LogP contribution in [0.5, 0.6) is 0 Å². The van der Waals surface area contributed by atoms with Gasteiger partial charge in [-0.25, -0.2) is 4.99 Å². The number of rotatable bonds is 5. The first kappa shape index (κ1) is 18.8. The summed E-state index contributed by atoms with van der Waals surface area (Å²) in [7, 11) is 3.94. The lowest BCUT2D eigenvalue weighted by molar-refractivity contribution is -0.00333. The van der Waals surface area contributed by atoms with Gasteiger partial charge in [-0.1, -0.05) is 38.0 Å². The maximum atomic E-state index is 6.32. The first-order valence-corrected chi connectivity index (χ1v) is 10.7. The Labute approximate surface area is 164 Å². The van der Waals surface area contributed by atoms with Crippen molar-refractivity contribution in [3.8, 4) is 0 Å². The Hall–Kier alpha value is -1.55. The Morgan fingerprint density at radius 1 is 1.26 bits per heavy atom. The van der Waals surface area contributed by atoms with E-state index in [0.717, 1.165) is 25.8 Å². The number of aliphatic imine (C=N–C) groups is 1. The molecule has 0 radical (unpaired) electrons. The van der Waals surface area contributed by atoms with Crippen molar-refractivity contribution in [3.63, 3.8) is 0 Å². The molecule has 4 rings (SSSR count). The Kier molecular flexibility index (Phi) is 4.96. The Morgan fingerprint density at radius 2 is 2.04 bits per heavy atom. The van der Waals surface area contributed by atoms with Crippen LogP contribution < -0.4 is 5.73 Å². The molecular formula is C23H35N3O. The van der Waals surface area contributed by atoms with Crippen molar-refractivity contribution in [2.75, 3.05) is 20.7 Å². The fourth-order valence-corrected chi connectivity index (χ4v) is 5.84. The molecule has 1 fully saturated rings. The molecule has 0 aromatic heterocycles. The van der Waals surface area contributed by atoms with Crippen LogP contribution in [0, 0.1) is 5.41 Å². The van der Waals surface area contributed by atoms with Crippen LogP contribution in [0.3, 0.4) is 0 Å². The van der Waals surface area contributed by atoms with Gasteiger partial charge >= 0.3 is 0 Å². The van der Waals surface area contributed by atoms with Crippen LogP contribution in [0.25, 0.3) is 0 Å². The third-order valence-electron chi connectivity index (χ3n) is 7.48. The van der Waals surface area contributed by atoms with Gasteiger partial charge in [0.2, 0.25) is 0 Å². The van der Waals surface area contributed by atoms with Gasteiger partial charge in [0.25, 0.3) is 0 Å². The average Bonchev–Trinajstić information content (AvgIpc) is 3.11. The smallest absolute Gasteiger partial charge is 0.192 e. The summed E-state index contributed by atoms with van der Waals surface area (Å²) in [6.07, 6.45) is 11.2. The van der Waals surface area contributed by atoms with Gasteiger partial charge in [-0.2, -0.15) is 0 Å². The van der Waals surface area contributed by atoms with Crippen molar-refractivity contribution in [3.05, 3.63) is 34.9 Å². The summed E-state index contributed by atoms with van der Waals surface area (Å²) in [5, 5.41) is 0. The van der Waals surface area contributed by atoms with Gasteiger partial charge in [0.15, 0.2) is 5.96 Å². The van der Waals surface area contributed by atoms with Gasteiger partial charge in [-0.05, 0) is 61.6 Å². The minimum Gasteiger partial charge on any atom is -0.381 e. The molecule has 1 unspecified atom stereocenters. The van der Waals surface area contributed by atoms with Crippen molar-refractivity contribution in [2.24, 2.45) is 16.1 Å². The molecule has 1 aromatic carbocycles. The third kappa shape index (κ3) is 2.97. The Morgan fingerprint density at radius 3 is 2.67 bits per heavy atom. The lowest BCUT2D eigenvalue weighted by atomic mass is 9.61. The molecule has 4 heteroatoms. The summed E-state index contributed by atoms with van der Waals surface area (Å²) in [6, 6.07) is 7.21. The van der Waals surface area contributed by atoms with E-state index in [4.69, 9.17) is 15.5 Å². The zero-order valence-corrected chi connectivity index (χ0v) is 17.3. The molecule has 4 nitrogen and oxygen atoms in total. The van der Waals surface area contributed by atoms with E-state index < -0.39 is 0 Å². The molecule has 2 aliphatic carbocycles. The normalized spacial score (nSPS) is 32.3. The van der Waals surface area contributed by atoms with Gasteiger partial charge < -0.3 is 15.4 Å². The lowest BCUT2D eigenvalue weighted by Crippen LogP contribution is -2.47. The second-order valence-corrected chi connectivity index (χ2v) is 9.03. The number of methoxy groups -OCH3 is 1. The van der Waals surface area contributed by atoms with Gasteiger partial charge in [-0.15, -0.1) is 0 Å². The lowest BCUT2D eigenvalue weighted by Gasteiger charge is -2.46. The molecule has 1 heterocycles. The molecule has 1 atom stereocenters. The number of hydrogen-bond acceptors (Lipinski definition) is 4. The number of fused-ring (bicyclic) bond motifs is 3. The minimum absolute atomic E-state index is 0.166. The van der Waals surface area contributed by atoms with Crippen molar-refractivity contribution in [1.29, 1.82) is 0 Å². The van der Waals surface area contributed by atoms with Crippen LogP contribution in [0.4, 0.5) is 0 Å². The predicted molar refractivity (Wildman–Crippen MR) is 111 cm³/mol. The maximum absolute atomic E-state index is 6.32. The summed E-state index contributed by atoms with van der Waals surface area (Å²) >= 11 is 0. The van der Waals surface area contributed by atoms with Gasteiger partial charge in [-0.3, -0.25) is 0 Å². The van der Waals surface area contributed by atoms with Gasteiger partial charge in [0.1, 0.15) is 5.54 Å². The number of guanidine groups is 1. The van der Waals surface area contributed by atoms with Crippen LogP contribution in [0.1, 0.15) is 68.6 Å². The number of likely N-dealkylation sites (N-methyl/N-ethyl adjacent to an activating group) is 1. The molecular weight excluding hydrogens is 334 g/mol. The second-order valence-electron chi connectivity index (χ2n) is 9.03. The van der Waals surface area contributed by atoms with Crippen LogP contribution in [-0.2, 0) is 23.1 Å². The van der Waals surface area contributed by atoms with Crippen molar-refractivity contribution in [1.82, 2.24) is 4.90 Å². The number of benzene rings is 1. The summed E-state index contributed by atoms with van der Waals surface area (Å²) in [5.74, 6) is 0.701. The Balaban J connectivity index is 1.71. The zero-order chi connectivity index (χ0) is 19.1. The first-order valence-electron chi connectivity index (χ1n) is 10.7. The topological polar surface area (TPSA) is 50.8 Å². The molecule has 27 heavy (non-hydrogen) atoms. The highest BCUT2D eigenvalue weighted by Crippen LogP contribution is 2.61. The first-order chi connectivity index (χ1) is 13.0. The third-order valence-corrected chi connectivity index (χ3v) is 7.48. The standard InChI is InChI=1S/C23H35N3O/c1-4-5-6-7-17-8-9-18-15-22(12-10-19(27-3)11-13-22)23(20(18)14-17)16-26(2)21(24)25-23/h8-9,14,19H,4-7,10-13,15-16H2,1-3H3,(H2,24,25). The molecule has 1 saturated carbocycles. The predicted octanol–water partition coefficient (Wildman–Crippen LogP) is 4.01. The fraction of sp³-hybridized carbons (Fsp3) is 0.696. The van der Waals surface area contributed by atoms with Crippen molar-refractivity contribution in [2.45, 2.75) is 76.4 Å². The number of aryl methyl sites for hydroxylation is 1. The summed E-state index contributed by atoms with van der Waals surface area (Å²) in [4.78, 5) is 7.34. The number of hydrogen-bond donors (Lipinski definition) is 1. The highest BCUT2D eigenvalue weighted by atomic mass is 16.5. The number of nitrogens with two attached hydrogens (primary N) is 1. The SMILES string of the molecule is CCCCCc1ccc2c(c1)C1(CN(C)C(N)=N1)C1(CCC(OC)CC1)C2. The summed E-state index contributed by atoms with van der Waals surface area (Å²) in [6.45, 7) is 3.19. The average molecular weight is 370 g/mol. The maximum Gasteiger partial charge on any atom is 0.192 e. The van der Waals surface area contributed by atoms with Gasteiger partial charge in [0.05, 0.1) is 12.6 Å². The van der Waals surface area contributed by atoms with E-state index in [9.17, 15) is 0 Å². The van der Waals surface area contributed by atoms with E-state index in [1.807, 2.05) is 7.11 Å². The number of unbranched alkanes of at least 4 members (excludes halogenated alkanes) is 2. The van der Waals surface area contributed by atoms with Crippen LogP contribution in [0.2, 0.25) is 0 Å². The fourth-order valence-electron chi connectivity index (χ4n) is 5.84. The van der Waals surface area contributed by atoms with Crippen LogP contribution in [0.15, 0.2) is 23.2 Å². The highest BCUT2D eigenvalue weighted by molar-refractivity contribution is 5.81. The van der Waals surface area contributed by atoms with Crippen molar-refractivity contribution >= 4 is 5.96 Å². The van der Waals surface area contributed by atoms with E-state index in [2.05, 4.69) is 37.1 Å². The summed E-state index contributed by atoms with van der Waals surface area (Å²) < 4.78 is 5.67. The molecule has 0 bridgehead atoms. The highest BCUT2D eigenvalue weighted by Gasteiger charge is 2.61. The summed E-state index contributed by atoms with van der Waals surface area (Å²) in [5.41, 5.74) is 10.8. The monoisotopic (exact) mass is 369 g/mol. The van der Waals surface area contributed by atoms with Crippen LogP contribution in [-0.4, -0.2) is 37.7 Å². The molecule has 0 saturated heterocycles. The number of nitrogens with zero attached hydrogens (tertiary/aromatic N) is 2. The van der Waals surface area contributed by atoms with E-state index >= 15 is 0 Å². The van der Waals surface area contributed by atoms with E-state index in [0.29, 0.717) is 12.1 Å². The quantitative estimate of drug-likeness (QED) is 0.798. The molecule has 2 spiro atoms. The van der Waals surface area contributed by atoms with Gasteiger partial charge in [0, 0.05) is 19.6 Å². The minimum atomic E-state index is -0.166. The van der Waals surface area contributed by atoms with E-state index in [1.54, 1.807) is 0 Å². The van der Waals surface area contributed by atoms with Crippen LogP contribution >= 0.6 is 0 Å². The van der Waals surface area contributed by atoms with Crippen molar-refractivity contribution < 1.29 is 4.74 Å². The molecule has 2 N–H and O–H groups in total. The van der Waals surface area contributed by atoms with E-state index in [-0.39, 0.29) is 11.0 Å².